The van der Waals surface area contributed by atoms with Crippen molar-refractivity contribution < 1.29 is 4.79 Å². The van der Waals surface area contributed by atoms with Gasteiger partial charge in [-0.05, 0) is 18.6 Å². The minimum absolute atomic E-state index is 0.140. The Balaban J connectivity index is 2.13. The van der Waals surface area contributed by atoms with Gasteiger partial charge < -0.3 is 11.1 Å². The largest absolute Gasteiger partial charge is 0.320 e. The van der Waals surface area contributed by atoms with Gasteiger partial charge in [0.15, 0.2) is 0 Å². The number of carbonyl (C=O) groups is 1. The molecule has 0 spiro atoms. The number of nitrogens with one attached hydrogen (secondary N) is 1. The fourth-order valence-electron chi connectivity index (χ4n) is 1.75. The first-order valence-corrected chi connectivity index (χ1v) is 7.08. The van der Waals surface area contributed by atoms with E-state index in [0.717, 1.165) is 22.7 Å². The molecule has 0 fully saturated rings. The number of hydrogen-bond acceptors (Lipinski definition) is 4. The van der Waals surface area contributed by atoms with E-state index in [-0.39, 0.29) is 5.91 Å². The van der Waals surface area contributed by atoms with Gasteiger partial charge in [-0.1, -0.05) is 18.8 Å². The molecule has 0 unspecified atom stereocenters. The van der Waals surface area contributed by atoms with Gasteiger partial charge in [0.05, 0.1) is 27.7 Å². The summed E-state index contributed by atoms with van der Waals surface area (Å²) in [5.41, 5.74) is 6.95. The quantitative estimate of drug-likeness (QED) is 0.843. The van der Waals surface area contributed by atoms with Crippen LogP contribution in [-0.4, -0.2) is 22.2 Å². The molecule has 2 heterocycles. The third-order valence-corrected chi connectivity index (χ3v) is 3.63. The zero-order chi connectivity index (χ0) is 14.5. The van der Waals surface area contributed by atoms with E-state index in [2.05, 4.69) is 22.3 Å². The summed E-state index contributed by atoms with van der Waals surface area (Å²) in [7, 11) is 1.83. The second-order valence-electron chi connectivity index (χ2n) is 4.14. The zero-order valence-corrected chi connectivity index (χ0v) is 12.3. The molecule has 104 valence electrons. The van der Waals surface area contributed by atoms with E-state index < -0.39 is 0 Å². The topological polar surface area (TPSA) is 72.9 Å². The number of hydrogen-bond donors (Lipinski definition) is 2. The maximum atomic E-state index is 12.2. The fourth-order valence-corrected chi connectivity index (χ4v) is 2.53. The molecular formula is C14H16N4OS. The van der Waals surface area contributed by atoms with Crippen molar-refractivity contribution in [2.45, 2.75) is 13.3 Å². The lowest BCUT2D eigenvalue weighted by atomic mass is 10.3. The standard InChI is InChI=1S/C14H16N4OS/c1-3-11-12(9-18(2)17-11)16-14(19)13-7-6-10(20-13)5-4-8-15/h6-7,9H,3,8,15H2,1-2H3,(H,16,19). The predicted molar refractivity (Wildman–Crippen MR) is 80.8 cm³/mol. The van der Waals surface area contributed by atoms with Crippen LogP contribution in [0.25, 0.3) is 0 Å². The van der Waals surface area contributed by atoms with E-state index in [1.54, 1.807) is 16.9 Å². The Labute approximate surface area is 121 Å². The lowest BCUT2D eigenvalue weighted by molar-refractivity contribution is 0.103. The van der Waals surface area contributed by atoms with Gasteiger partial charge in [0.1, 0.15) is 0 Å². The Morgan fingerprint density at radius 2 is 2.35 bits per heavy atom. The van der Waals surface area contributed by atoms with Crippen molar-refractivity contribution in [2.24, 2.45) is 12.8 Å². The molecule has 20 heavy (non-hydrogen) atoms. The van der Waals surface area contributed by atoms with Crippen LogP contribution in [0.5, 0.6) is 0 Å². The number of aromatic nitrogens is 2. The summed E-state index contributed by atoms with van der Waals surface area (Å²) in [6, 6.07) is 3.59. The summed E-state index contributed by atoms with van der Waals surface area (Å²) in [5.74, 6) is 5.55. The Hall–Kier alpha value is -2.10. The number of nitrogens with two attached hydrogens (primary N) is 1. The van der Waals surface area contributed by atoms with Crippen LogP contribution in [0.3, 0.4) is 0 Å². The van der Waals surface area contributed by atoms with E-state index in [0.29, 0.717) is 11.4 Å². The van der Waals surface area contributed by atoms with Crippen LogP contribution in [0.15, 0.2) is 18.3 Å². The molecule has 5 nitrogen and oxygen atoms in total. The van der Waals surface area contributed by atoms with Gasteiger partial charge in [0, 0.05) is 13.2 Å². The maximum Gasteiger partial charge on any atom is 0.265 e. The summed E-state index contributed by atoms with van der Waals surface area (Å²) in [6.45, 7) is 2.32. The molecule has 0 bridgehead atoms. The molecule has 1 amide bonds. The Kier molecular flexibility index (Phi) is 4.56. The monoisotopic (exact) mass is 288 g/mol. The van der Waals surface area contributed by atoms with E-state index in [1.807, 2.05) is 20.0 Å². The predicted octanol–water partition coefficient (Wildman–Crippen LogP) is 1.61. The summed E-state index contributed by atoms with van der Waals surface area (Å²) < 4.78 is 1.70. The van der Waals surface area contributed by atoms with Crippen molar-refractivity contribution in [3.05, 3.63) is 33.8 Å². The van der Waals surface area contributed by atoms with Crippen LogP contribution in [0.4, 0.5) is 5.69 Å². The molecule has 0 saturated carbocycles. The lowest BCUT2D eigenvalue weighted by Crippen LogP contribution is -2.10. The summed E-state index contributed by atoms with van der Waals surface area (Å²) >= 11 is 1.35. The summed E-state index contributed by atoms with van der Waals surface area (Å²) in [5, 5.41) is 7.17. The number of anilines is 1. The molecule has 0 atom stereocenters. The van der Waals surface area contributed by atoms with Gasteiger partial charge in [-0.2, -0.15) is 5.10 Å². The van der Waals surface area contributed by atoms with Crippen molar-refractivity contribution in [3.8, 4) is 11.8 Å². The molecule has 6 heteroatoms. The van der Waals surface area contributed by atoms with Crippen molar-refractivity contribution in [2.75, 3.05) is 11.9 Å². The zero-order valence-electron chi connectivity index (χ0n) is 11.4. The smallest absolute Gasteiger partial charge is 0.265 e. The fraction of sp³-hybridized carbons (Fsp3) is 0.286. The molecule has 0 saturated heterocycles. The minimum atomic E-state index is -0.140. The molecule has 2 rings (SSSR count). The molecule has 2 aromatic rings. The van der Waals surface area contributed by atoms with Gasteiger partial charge >= 0.3 is 0 Å². The average molecular weight is 288 g/mol. The number of thiophene rings is 1. The SMILES string of the molecule is CCc1nn(C)cc1NC(=O)c1ccc(C#CCN)s1. The second-order valence-corrected chi connectivity index (χ2v) is 5.22. The van der Waals surface area contributed by atoms with Crippen LogP contribution in [-0.2, 0) is 13.5 Å². The third-order valence-electron chi connectivity index (χ3n) is 2.63. The third kappa shape index (κ3) is 3.26. The van der Waals surface area contributed by atoms with Gasteiger partial charge in [-0.3, -0.25) is 9.48 Å². The maximum absolute atomic E-state index is 12.2. The molecule has 0 radical (unpaired) electrons. The van der Waals surface area contributed by atoms with Crippen molar-refractivity contribution in [1.29, 1.82) is 0 Å². The van der Waals surface area contributed by atoms with Crippen LogP contribution in [0.2, 0.25) is 0 Å². The highest BCUT2D eigenvalue weighted by Crippen LogP contribution is 2.19. The number of nitrogens with zero attached hydrogens (tertiary/aromatic N) is 2. The van der Waals surface area contributed by atoms with Crippen LogP contribution in [0, 0.1) is 11.8 Å². The number of amides is 1. The van der Waals surface area contributed by atoms with E-state index >= 15 is 0 Å². The van der Waals surface area contributed by atoms with Gasteiger partial charge in [0.25, 0.3) is 5.91 Å². The van der Waals surface area contributed by atoms with Gasteiger partial charge in [0.2, 0.25) is 0 Å². The molecule has 0 aliphatic rings. The molecule has 3 N–H and O–H groups in total. The summed E-state index contributed by atoms with van der Waals surface area (Å²) in [6.07, 6.45) is 2.58. The highest BCUT2D eigenvalue weighted by molar-refractivity contribution is 7.14. The highest BCUT2D eigenvalue weighted by Gasteiger charge is 2.13. The minimum Gasteiger partial charge on any atom is -0.320 e. The van der Waals surface area contributed by atoms with Crippen LogP contribution < -0.4 is 11.1 Å². The first kappa shape index (κ1) is 14.3. The number of carbonyl (C=O) groups excluding carboxylic acids is 1. The lowest BCUT2D eigenvalue weighted by Gasteiger charge is -2.01. The molecule has 0 aliphatic carbocycles. The van der Waals surface area contributed by atoms with Crippen LogP contribution >= 0.6 is 11.3 Å². The summed E-state index contributed by atoms with van der Waals surface area (Å²) in [4.78, 5) is 13.6. The Morgan fingerprint density at radius 3 is 3.05 bits per heavy atom. The Bertz CT molecular complexity index is 675. The van der Waals surface area contributed by atoms with E-state index in [9.17, 15) is 4.79 Å². The number of rotatable bonds is 3. The molecular weight excluding hydrogens is 272 g/mol. The molecule has 2 aromatic heterocycles. The molecule has 0 aliphatic heterocycles. The van der Waals surface area contributed by atoms with E-state index in [1.165, 1.54) is 11.3 Å². The number of aryl methyl sites for hydroxylation is 2. The van der Waals surface area contributed by atoms with Crippen molar-refractivity contribution in [3.63, 3.8) is 0 Å². The highest BCUT2D eigenvalue weighted by atomic mass is 32.1. The first-order valence-electron chi connectivity index (χ1n) is 6.26. The van der Waals surface area contributed by atoms with E-state index in [4.69, 9.17) is 5.73 Å². The molecule has 0 aromatic carbocycles. The van der Waals surface area contributed by atoms with Gasteiger partial charge in [-0.25, -0.2) is 0 Å². The van der Waals surface area contributed by atoms with Crippen LogP contribution in [0.1, 0.15) is 27.2 Å². The van der Waals surface area contributed by atoms with Gasteiger partial charge in [-0.15, -0.1) is 11.3 Å². The van der Waals surface area contributed by atoms with Crippen molar-refractivity contribution in [1.82, 2.24) is 9.78 Å². The average Bonchev–Trinajstić information content (AvgIpc) is 3.03. The second kappa shape index (κ2) is 6.37. The Morgan fingerprint density at radius 1 is 1.55 bits per heavy atom. The normalized spacial score (nSPS) is 9.95. The van der Waals surface area contributed by atoms with Crippen molar-refractivity contribution >= 4 is 22.9 Å². The first-order chi connectivity index (χ1) is 9.63.